The first-order valence-corrected chi connectivity index (χ1v) is 8.79. The Kier molecular flexibility index (Phi) is 4.09. The van der Waals surface area contributed by atoms with E-state index in [1.54, 1.807) is 19.1 Å². The largest absolute Gasteiger partial charge is 0.479 e. The first-order chi connectivity index (χ1) is 11.8. The van der Waals surface area contributed by atoms with Crippen LogP contribution < -0.4 is 20.5 Å². The third-order valence-electron chi connectivity index (χ3n) is 3.63. The Morgan fingerprint density at radius 2 is 1.96 bits per heavy atom. The monoisotopic (exact) mass is 361 g/mol. The van der Waals surface area contributed by atoms with Crippen LogP contribution in [0.2, 0.25) is 0 Å². The van der Waals surface area contributed by atoms with Crippen molar-refractivity contribution < 1.29 is 22.7 Å². The zero-order chi connectivity index (χ0) is 18.2. The molecule has 1 aliphatic rings. The number of sulfonamides is 1. The summed E-state index contributed by atoms with van der Waals surface area (Å²) < 4.78 is 32.9. The fourth-order valence-electron chi connectivity index (χ4n) is 2.35. The van der Waals surface area contributed by atoms with E-state index in [1.165, 1.54) is 30.3 Å². The van der Waals surface area contributed by atoms with Gasteiger partial charge in [-0.15, -0.1) is 0 Å². The number of nitrogens with one attached hydrogen (secondary N) is 2. The van der Waals surface area contributed by atoms with Crippen molar-refractivity contribution in [2.24, 2.45) is 5.73 Å². The van der Waals surface area contributed by atoms with Gasteiger partial charge in [0.2, 0.25) is 0 Å². The molecule has 0 spiro atoms. The molecule has 1 atom stereocenters. The second-order valence-corrected chi connectivity index (χ2v) is 7.11. The zero-order valence-corrected chi connectivity index (χ0v) is 14.0. The van der Waals surface area contributed by atoms with Crippen molar-refractivity contribution >= 4 is 33.2 Å². The van der Waals surface area contributed by atoms with E-state index >= 15 is 0 Å². The molecule has 0 bridgehead atoms. The van der Waals surface area contributed by atoms with Crippen LogP contribution in [0.1, 0.15) is 17.3 Å². The van der Waals surface area contributed by atoms with E-state index < -0.39 is 22.0 Å². The number of rotatable bonds is 4. The quantitative estimate of drug-likeness (QED) is 0.756. The summed E-state index contributed by atoms with van der Waals surface area (Å²) in [7, 11) is -4.00. The molecule has 2 aromatic rings. The van der Waals surface area contributed by atoms with Crippen LogP contribution >= 0.6 is 0 Å². The highest BCUT2D eigenvalue weighted by Crippen LogP contribution is 2.32. The maximum absolute atomic E-state index is 12.6. The van der Waals surface area contributed by atoms with Gasteiger partial charge >= 0.3 is 0 Å². The normalized spacial score (nSPS) is 16.4. The Labute approximate surface area is 144 Å². The fraction of sp³-hybridized carbons (Fsp3) is 0.125. The van der Waals surface area contributed by atoms with Gasteiger partial charge in [0.15, 0.2) is 6.10 Å². The highest BCUT2D eigenvalue weighted by atomic mass is 32.2. The third kappa shape index (κ3) is 3.26. The topological polar surface area (TPSA) is 128 Å². The molecule has 25 heavy (non-hydrogen) atoms. The summed E-state index contributed by atoms with van der Waals surface area (Å²) in [4.78, 5) is 23.0. The number of benzene rings is 2. The van der Waals surface area contributed by atoms with Gasteiger partial charge in [-0.05, 0) is 37.3 Å². The highest BCUT2D eigenvalue weighted by Gasteiger charge is 2.26. The van der Waals surface area contributed by atoms with Crippen LogP contribution in [-0.4, -0.2) is 26.3 Å². The van der Waals surface area contributed by atoms with E-state index in [0.717, 1.165) is 0 Å². The molecule has 0 saturated heterocycles. The van der Waals surface area contributed by atoms with E-state index in [9.17, 15) is 18.0 Å². The standard InChI is InChI=1S/C16H15N3O5S/c1-9-16(21)18-13-8-10(6-7-14(13)24-9)25(22,23)19-12-5-3-2-4-11(12)15(17)20/h2-9,19H,1H3,(H2,17,20)(H,18,21)/t9-/m1/s1. The SMILES string of the molecule is C[C@H]1Oc2ccc(S(=O)(=O)Nc3ccccc3C(N)=O)cc2NC1=O. The third-order valence-corrected chi connectivity index (χ3v) is 4.99. The predicted molar refractivity (Wildman–Crippen MR) is 90.9 cm³/mol. The van der Waals surface area contributed by atoms with Crippen LogP contribution in [0.4, 0.5) is 11.4 Å². The number of carbonyl (C=O) groups is 2. The van der Waals surface area contributed by atoms with Crippen molar-refractivity contribution in [1.82, 2.24) is 0 Å². The minimum absolute atomic E-state index is 0.0505. The van der Waals surface area contributed by atoms with E-state index in [2.05, 4.69) is 10.0 Å². The molecule has 0 fully saturated rings. The van der Waals surface area contributed by atoms with Crippen LogP contribution in [0.25, 0.3) is 0 Å². The van der Waals surface area contributed by atoms with Gasteiger partial charge in [0, 0.05) is 0 Å². The van der Waals surface area contributed by atoms with Gasteiger partial charge in [0.25, 0.3) is 21.8 Å². The van der Waals surface area contributed by atoms with Crippen molar-refractivity contribution in [3.05, 3.63) is 48.0 Å². The number of fused-ring (bicyclic) bond motifs is 1. The average Bonchev–Trinajstić information content (AvgIpc) is 2.55. The van der Waals surface area contributed by atoms with E-state index in [0.29, 0.717) is 5.75 Å². The van der Waals surface area contributed by atoms with Crippen molar-refractivity contribution in [2.75, 3.05) is 10.0 Å². The fourth-order valence-corrected chi connectivity index (χ4v) is 3.45. The zero-order valence-electron chi connectivity index (χ0n) is 13.1. The molecule has 2 aromatic carbocycles. The van der Waals surface area contributed by atoms with Crippen LogP contribution in [-0.2, 0) is 14.8 Å². The van der Waals surface area contributed by atoms with Crippen LogP contribution in [0.3, 0.4) is 0 Å². The van der Waals surface area contributed by atoms with Crippen molar-refractivity contribution in [3.63, 3.8) is 0 Å². The molecule has 0 aliphatic carbocycles. The Morgan fingerprint density at radius 3 is 2.68 bits per heavy atom. The Hall–Kier alpha value is -3.07. The molecule has 4 N–H and O–H groups in total. The molecule has 2 amide bonds. The number of hydrogen-bond donors (Lipinski definition) is 3. The molecule has 0 unspecified atom stereocenters. The van der Waals surface area contributed by atoms with Gasteiger partial charge in [-0.1, -0.05) is 12.1 Å². The Bertz CT molecular complexity index is 971. The smallest absolute Gasteiger partial charge is 0.265 e. The molecular formula is C16H15N3O5S. The number of ether oxygens (including phenoxy) is 1. The van der Waals surface area contributed by atoms with Gasteiger partial charge < -0.3 is 15.8 Å². The molecule has 1 aliphatic heterocycles. The highest BCUT2D eigenvalue weighted by molar-refractivity contribution is 7.92. The lowest BCUT2D eigenvalue weighted by atomic mass is 10.2. The molecular weight excluding hydrogens is 346 g/mol. The Balaban J connectivity index is 1.95. The number of amides is 2. The van der Waals surface area contributed by atoms with Gasteiger partial charge in [-0.25, -0.2) is 8.42 Å². The lowest BCUT2D eigenvalue weighted by Gasteiger charge is -2.23. The first-order valence-electron chi connectivity index (χ1n) is 7.31. The van der Waals surface area contributed by atoms with Gasteiger partial charge in [-0.2, -0.15) is 0 Å². The summed E-state index contributed by atoms with van der Waals surface area (Å²) in [5.74, 6) is -0.740. The van der Waals surface area contributed by atoms with Crippen molar-refractivity contribution in [3.8, 4) is 5.75 Å². The number of nitrogens with two attached hydrogens (primary N) is 1. The number of carbonyl (C=O) groups excluding carboxylic acids is 2. The van der Waals surface area contributed by atoms with E-state index in [1.807, 2.05) is 0 Å². The molecule has 3 rings (SSSR count). The summed E-state index contributed by atoms with van der Waals surface area (Å²) in [5.41, 5.74) is 5.63. The van der Waals surface area contributed by atoms with Gasteiger partial charge in [0.05, 0.1) is 21.8 Å². The minimum Gasteiger partial charge on any atom is -0.479 e. The molecule has 1 heterocycles. The number of para-hydroxylation sites is 1. The Morgan fingerprint density at radius 1 is 1.24 bits per heavy atom. The van der Waals surface area contributed by atoms with Crippen molar-refractivity contribution in [2.45, 2.75) is 17.9 Å². The molecule has 9 heteroatoms. The average molecular weight is 361 g/mol. The number of anilines is 2. The summed E-state index contributed by atoms with van der Waals surface area (Å²) >= 11 is 0. The predicted octanol–water partition coefficient (Wildman–Crippen LogP) is 1.31. The van der Waals surface area contributed by atoms with E-state index in [-0.39, 0.29) is 27.7 Å². The van der Waals surface area contributed by atoms with Crippen LogP contribution in [0.5, 0.6) is 5.75 Å². The summed E-state index contributed by atoms with van der Waals surface area (Å²) in [5, 5.41) is 2.59. The second kappa shape index (κ2) is 6.10. The summed E-state index contributed by atoms with van der Waals surface area (Å²) in [6, 6.07) is 10.1. The summed E-state index contributed by atoms with van der Waals surface area (Å²) in [6.07, 6.45) is -0.657. The molecule has 130 valence electrons. The van der Waals surface area contributed by atoms with Gasteiger partial charge in [-0.3, -0.25) is 14.3 Å². The first kappa shape index (κ1) is 16.8. The van der Waals surface area contributed by atoms with Crippen LogP contribution in [0.15, 0.2) is 47.4 Å². The second-order valence-electron chi connectivity index (χ2n) is 5.42. The minimum atomic E-state index is -4.00. The van der Waals surface area contributed by atoms with Gasteiger partial charge in [0.1, 0.15) is 5.75 Å². The maximum atomic E-state index is 12.6. The van der Waals surface area contributed by atoms with E-state index in [4.69, 9.17) is 10.5 Å². The number of hydrogen-bond acceptors (Lipinski definition) is 5. The molecule has 0 saturated carbocycles. The maximum Gasteiger partial charge on any atom is 0.265 e. The molecule has 0 radical (unpaired) electrons. The number of primary amides is 1. The lowest BCUT2D eigenvalue weighted by Crippen LogP contribution is -2.34. The van der Waals surface area contributed by atoms with Crippen molar-refractivity contribution in [1.29, 1.82) is 0 Å². The summed E-state index contributed by atoms with van der Waals surface area (Å²) in [6.45, 7) is 1.59. The molecule has 0 aromatic heterocycles. The van der Waals surface area contributed by atoms with Crippen LogP contribution in [0, 0.1) is 0 Å². The lowest BCUT2D eigenvalue weighted by molar-refractivity contribution is -0.122. The molecule has 8 nitrogen and oxygen atoms in total.